The minimum atomic E-state index is -0.354. The number of hydrogen-bond acceptors (Lipinski definition) is 5. The Bertz CT molecular complexity index is 998. The molecule has 5 nitrogen and oxygen atoms in total. The summed E-state index contributed by atoms with van der Waals surface area (Å²) in [6, 6.07) is 7.12. The average Bonchev–Trinajstić information content (AvgIpc) is 3.47. The zero-order valence-corrected chi connectivity index (χ0v) is 17.9. The van der Waals surface area contributed by atoms with Crippen molar-refractivity contribution < 1.29 is 18.6 Å². The van der Waals surface area contributed by atoms with Gasteiger partial charge in [0, 0.05) is 23.4 Å². The third-order valence-corrected chi connectivity index (χ3v) is 6.04. The van der Waals surface area contributed by atoms with Crippen LogP contribution < -0.4 is 10.4 Å². The molecule has 2 atom stereocenters. The first-order chi connectivity index (χ1) is 13.7. The molecule has 2 fully saturated rings. The summed E-state index contributed by atoms with van der Waals surface area (Å²) in [4.78, 5) is 11.8. The summed E-state index contributed by atoms with van der Waals surface area (Å²) in [6.45, 7) is 11.0. The third-order valence-electron chi connectivity index (χ3n) is 6.04. The summed E-state index contributed by atoms with van der Waals surface area (Å²) in [7, 11) is 0. The Morgan fingerprint density at radius 2 is 1.72 bits per heavy atom. The highest BCUT2D eigenvalue weighted by molar-refractivity contribution is 5.82. The number of allylic oxidation sites excluding steroid dienone is 1. The molecule has 1 aromatic carbocycles. The lowest BCUT2D eigenvalue weighted by atomic mass is 10.00. The zero-order valence-electron chi connectivity index (χ0n) is 17.9. The largest absolute Gasteiger partial charge is 0.489 e. The van der Waals surface area contributed by atoms with Crippen LogP contribution in [0.5, 0.6) is 5.75 Å². The van der Waals surface area contributed by atoms with Crippen molar-refractivity contribution in [1.82, 2.24) is 0 Å². The number of ether oxygens (including phenoxy) is 3. The fourth-order valence-corrected chi connectivity index (χ4v) is 3.78. The van der Waals surface area contributed by atoms with Crippen molar-refractivity contribution in [2.45, 2.75) is 77.3 Å². The van der Waals surface area contributed by atoms with Crippen LogP contribution >= 0.6 is 0 Å². The molecule has 2 aromatic rings. The van der Waals surface area contributed by atoms with Gasteiger partial charge in [-0.05, 0) is 71.7 Å². The van der Waals surface area contributed by atoms with Crippen molar-refractivity contribution in [3.05, 3.63) is 51.9 Å². The first-order valence-electron chi connectivity index (χ1n) is 10.4. The van der Waals surface area contributed by atoms with E-state index in [4.69, 9.17) is 18.6 Å². The lowest BCUT2D eigenvalue weighted by Crippen LogP contribution is -2.09. The Hall–Kier alpha value is -2.11. The Kier molecular flexibility index (Phi) is 5.07. The van der Waals surface area contributed by atoms with Gasteiger partial charge < -0.3 is 18.6 Å². The van der Waals surface area contributed by atoms with Crippen LogP contribution in [0.25, 0.3) is 11.0 Å². The van der Waals surface area contributed by atoms with Crippen LogP contribution in [0.15, 0.2) is 45.1 Å². The molecule has 2 unspecified atom stereocenters. The molecule has 0 saturated carbocycles. The number of hydrogen-bond donors (Lipinski definition) is 0. The second kappa shape index (κ2) is 7.29. The second-order valence-corrected chi connectivity index (χ2v) is 9.24. The molecular formula is C24H30O5. The average molecular weight is 398 g/mol. The molecule has 0 aliphatic carbocycles. The molecule has 0 spiro atoms. The molecule has 2 aliphatic heterocycles. The van der Waals surface area contributed by atoms with Crippen molar-refractivity contribution in [2.24, 2.45) is 0 Å². The fourth-order valence-electron chi connectivity index (χ4n) is 3.78. The summed E-state index contributed by atoms with van der Waals surface area (Å²) < 4.78 is 23.0. The summed E-state index contributed by atoms with van der Waals surface area (Å²) >= 11 is 0. The molecule has 0 N–H and O–H groups in total. The first-order valence-corrected chi connectivity index (χ1v) is 10.4. The number of rotatable bonds is 8. The molecular weight excluding hydrogens is 368 g/mol. The van der Waals surface area contributed by atoms with Gasteiger partial charge in [0.15, 0.2) is 0 Å². The maximum atomic E-state index is 11.8. The molecule has 0 bridgehead atoms. The van der Waals surface area contributed by atoms with Crippen molar-refractivity contribution in [3.8, 4) is 5.75 Å². The van der Waals surface area contributed by atoms with Crippen LogP contribution in [0.2, 0.25) is 0 Å². The van der Waals surface area contributed by atoms with E-state index in [9.17, 15) is 4.79 Å². The lowest BCUT2D eigenvalue weighted by molar-refractivity contribution is 0.319. The van der Waals surface area contributed by atoms with Gasteiger partial charge in [0.1, 0.15) is 17.9 Å². The lowest BCUT2D eigenvalue weighted by Gasteiger charge is -2.12. The third kappa shape index (κ3) is 4.57. The quantitative estimate of drug-likeness (QED) is 0.363. The van der Waals surface area contributed by atoms with E-state index in [1.807, 2.05) is 12.1 Å². The molecule has 4 rings (SSSR count). The van der Waals surface area contributed by atoms with Gasteiger partial charge in [0.25, 0.3) is 0 Å². The molecule has 0 radical (unpaired) electrons. The number of fused-ring (bicyclic) bond motifs is 1. The monoisotopic (exact) mass is 398 g/mol. The van der Waals surface area contributed by atoms with Crippen LogP contribution in [0.3, 0.4) is 0 Å². The highest BCUT2D eigenvalue weighted by Gasteiger charge is 2.48. The van der Waals surface area contributed by atoms with Crippen molar-refractivity contribution in [3.63, 3.8) is 0 Å². The van der Waals surface area contributed by atoms with Crippen LogP contribution in [0, 0.1) is 0 Å². The molecule has 3 heterocycles. The van der Waals surface area contributed by atoms with Gasteiger partial charge in [-0.3, -0.25) is 0 Å². The van der Waals surface area contributed by atoms with Crippen molar-refractivity contribution >= 4 is 11.0 Å². The zero-order chi connectivity index (χ0) is 20.8. The highest BCUT2D eigenvalue weighted by atomic mass is 16.6. The van der Waals surface area contributed by atoms with E-state index in [2.05, 4.69) is 40.7 Å². The predicted molar refractivity (Wildman–Crippen MR) is 113 cm³/mol. The molecule has 29 heavy (non-hydrogen) atoms. The van der Waals surface area contributed by atoms with Crippen LogP contribution in [-0.4, -0.2) is 30.0 Å². The Morgan fingerprint density at radius 3 is 2.38 bits per heavy atom. The van der Waals surface area contributed by atoms with Gasteiger partial charge in [-0.1, -0.05) is 5.57 Å². The van der Waals surface area contributed by atoms with Crippen molar-refractivity contribution in [1.29, 1.82) is 0 Å². The van der Waals surface area contributed by atoms with E-state index in [1.54, 1.807) is 6.07 Å². The van der Waals surface area contributed by atoms with Crippen molar-refractivity contribution in [2.75, 3.05) is 6.61 Å². The Balaban J connectivity index is 1.47. The Morgan fingerprint density at radius 1 is 1.07 bits per heavy atom. The van der Waals surface area contributed by atoms with E-state index in [0.29, 0.717) is 24.7 Å². The van der Waals surface area contributed by atoms with Crippen LogP contribution in [0.4, 0.5) is 0 Å². The maximum Gasteiger partial charge on any atom is 0.336 e. The molecule has 5 heteroatoms. The minimum absolute atomic E-state index is 0.0410. The van der Waals surface area contributed by atoms with E-state index in [-0.39, 0.29) is 22.9 Å². The molecule has 2 saturated heterocycles. The topological polar surface area (TPSA) is 64.5 Å². The smallest absolute Gasteiger partial charge is 0.336 e. The fraction of sp³-hybridized carbons (Fsp3) is 0.542. The van der Waals surface area contributed by atoms with Crippen LogP contribution in [-0.2, 0) is 15.9 Å². The summed E-state index contributed by atoms with van der Waals surface area (Å²) in [5, 5.41) is 0.893. The Labute approximate surface area is 171 Å². The van der Waals surface area contributed by atoms with E-state index >= 15 is 0 Å². The molecule has 1 aromatic heterocycles. The first kappa shape index (κ1) is 20.2. The van der Waals surface area contributed by atoms with Gasteiger partial charge in [-0.15, -0.1) is 0 Å². The number of epoxide rings is 2. The van der Waals surface area contributed by atoms with Gasteiger partial charge in [0.2, 0.25) is 0 Å². The van der Waals surface area contributed by atoms with E-state index in [1.165, 1.54) is 11.6 Å². The second-order valence-electron chi connectivity index (χ2n) is 9.24. The van der Waals surface area contributed by atoms with E-state index in [0.717, 1.165) is 29.5 Å². The molecule has 2 aliphatic rings. The summed E-state index contributed by atoms with van der Waals surface area (Å²) in [5.41, 5.74) is 2.32. The van der Waals surface area contributed by atoms with E-state index < -0.39 is 0 Å². The van der Waals surface area contributed by atoms with Gasteiger partial charge in [0.05, 0.1) is 23.4 Å². The summed E-state index contributed by atoms with van der Waals surface area (Å²) in [5.74, 6) is 0.744. The summed E-state index contributed by atoms with van der Waals surface area (Å²) in [6.07, 6.45) is 5.27. The normalized spacial score (nSPS) is 24.5. The molecule has 156 valence electrons. The van der Waals surface area contributed by atoms with Gasteiger partial charge in [-0.2, -0.15) is 0 Å². The molecule has 0 amide bonds. The predicted octanol–water partition coefficient (Wildman–Crippen LogP) is 4.80. The standard InChI is InChI=1S/C24H30O5/c1-15(6-10-19-23(2,3)28-19)12-13-26-18-9-7-16-8-11-21(25)27-22(16)17(18)14-20-24(4,5)29-20/h7-9,11-12,19-20H,6,10,13-14H2,1-5H3. The highest BCUT2D eigenvalue weighted by Crippen LogP contribution is 2.41. The van der Waals surface area contributed by atoms with Gasteiger partial charge >= 0.3 is 5.63 Å². The van der Waals surface area contributed by atoms with Gasteiger partial charge in [-0.25, -0.2) is 4.79 Å². The number of benzene rings is 1. The SMILES string of the molecule is CC(=CCOc1ccc2ccc(=O)oc2c1CC1OC1(C)C)CCC1OC1(C)C. The maximum absolute atomic E-state index is 11.8. The van der Waals surface area contributed by atoms with Crippen LogP contribution in [0.1, 0.15) is 53.0 Å². The minimum Gasteiger partial charge on any atom is -0.489 e.